The largest absolute Gasteiger partial charge is 0.348 e. The zero-order valence-electron chi connectivity index (χ0n) is 14.5. The highest BCUT2D eigenvalue weighted by molar-refractivity contribution is 7.22. The van der Waals surface area contributed by atoms with Crippen LogP contribution in [0.2, 0.25) is 0 Å². The molecule has 126 valence electrons. The molecule has 23 heavy (non-hydrogen) atoms. The molecule has 0 bridgehead atoms. The van der Waals surface area contributed by atoms with Gasteiger partial charge < -0.3 is 9.80 Å². The van der Waals surface area contributed by atoms with Gasteiger partial charge in [0.05, 0.1) is 10.4 Å². The van der Waals surface area contributed by atoms with E-state index in [0.29, 0.717) is 0 Å². The number of nitrogens with zero attached hydrogens (tertiary/aromatic N) is 5. The molecule has 4 heterocycles. The Labute approximate surface area is 142 Å². The van der Waals surface area contributed by atoms with Crippen molar-refractivity contribution in [2.45, 2.75) is 45.6 Å². The van der Waals surface area contributed by atoms with Gasteiger partial charge in [-0.15, -0.1) is 0 Å². The van der Waals surface area contributed by atoms with E-state index in [1.807, 2.05) is 23.1 Å². The Morgan fingerprint density at radius 1 is 1.13 bits per heavy atom. The standard InChI is InChI=1S/C17H27N5S/c1-12-15-16(20(3)19-12)18-17(23-15)22-10-6-14(7-11-22)13(2)21-8-4-5-9-21/h13-14H,4-11H2,1-3H3. The average molecular weight is 334 g/mol. The molecular formula is C17H27N5S. The zero-order valence-corrected chi connectivity index (χ0v) is 15.3. The average Bonchev–Trinajstić information content (AvgIpc) is 3.27. The van der Waals surface area contributed by atoms with Crippen molar-refractivity contribution in [3.63, 3.8) is 0 Å². The fourth-order valence-corrected chi connectivity index (χ4v) is 5.31. The molecule has 2 aliphatic rings. The van der Waals surface area contributed by atoms with Gasteiger partial charge in [0.15, 0.2) is 10.8 Å². The Kier molecular flexibility index (Phi) is 4.05. The van der Waals surface area contributed by atoms with E-state index < -0.39 is 0 Å². The number of rotatable bonds is 3. The first kappa shape index (κ1) is 15.4. The van der Waals surface area contributed by atoms with Crippen molar-refractivity contribution in [1.29, 1.82) is 0 Å². The van der Waals surface area contributed by atoms with Crippen LogP contribution in [0.3, 0.4) is 0 Å². The van der Waals surface area contributed by atoms with Gasteiger partial charge in [0.25, 0.3) is 0 Å². The molecule has 0 spiro atoms. The number of anilines is 1. The highest BCUT2D eigenvalue weighted by Gasteiger charge is 2.30. The molecule has 0 amide bonds. The molecule has 0 aliphatic carbocycles. The summed E-state index contributed by atoms with van der Waals surface area (Å²) < 4.78 is 3.16. The minimum absolute atomic E-state index is 0.751. The van der Waals surface area contributed by atoms with Crippen LogP contribution in [0.25, 0.3) is 10.3 Å². The third-order valence-electron chi connectivity index (χ3n) is 5.74. The predicted molar refractivity (Wildman–Crippen MR) is 96.3 cm³/mol. The number of thiazole rings is 1. The Morgan fingerprint density at radius 3 is 2.48 bits per heavy atom. The quantitative estimate of drug-likeness (QED) is 0.865. The molecule has 5 nitrogen and oxygen atoms in total. The van der Waals surface area contributed by atoms with Crippen LogP contribution in [0, 0.1) is 12.8 Å². The molecule has 2 saturated heterocycles. The summed E-state index contributed by atoms with van der Waals surface area (Å²) in [4.78, 5) is 10.0. The fourth-order valence-electron chi connectivity index (χ4n) is 4.23. The summed E-state index contributed by atoms with van der Waals surface area (Å²) in [5, 5.41) is 5.64. The number of likely N-dealkylation sites (tertiary alicyclic amines) is 1. The van der Waals surface area contributed by atoms with Gasteiger partial charge in [0.1, 0.15) is 0 Å². The summed E-state index contributed by atoms with van der Waals surface area (Å²) >= 11 is 1.81. The summed E-state index contributed by atoms with van der Waals surface area (Å²) in [6, 6.07) is 0.751. The second-order valence-electron chi connectivity index (χ2n) is 7.17. The minimum Gasteiger partial charge on any atom is -0.348 e. The Bertz CT molecular complexity index is 642. The first-order chi connectivity index (χ1) is 11.1. The Balaban J connectivity index is 1.43. The molecule has 0 aromatic carbocycles. The number of hydrogen-bond acceptors (Lipinski definition) is 5. The second-order valence-corrected chi connectivity index (χ2v) is 8.14. The van der Waals surface area contributed by atoms with E-state index in [1.165, 1.54) is 48.6 Å². The van der Waals surface area contributed by atoms with Gasteiger partial charge >= 0.3 is 0 Å². The van der Waals surface area contributed by atoms with Crippen molar-refractivity contribution in [3.8, 4) is 0 Å². The molecule has 4 rings (SSSR count). The van der Waals surface area contributed by atoms with Gasteiger partial charge in [0.2, 0.25) is 0 Å². The minimum atomic E-state index is 0.751. The molecular weight excluding hydrogens is 306 g/mol. The summed E-state index contributed by atoms with van der Waals surface area (Å²) in [6.07, 6.45) is 5.38. The lowest BCUT2D eigenvalue weighted by Crippen LogP contribution is -2.43. The molecule has 2 fully saturated rings. The number of aromatic nitrogens is 3. The number of aryl methyl sites for hydroxylation is 2. The van der Waals surface area contributed by atoms with Gasteiger partial charge in [-0.05, 0) is 58.5 Å². The van der Waals surface area contributed by atoms with Crippen LogP contribution in [0.4, 0.5) is 5.13 Å². The molecule has 0 saturated carbocycles. The summed E-state index contributed by atoms with van der Waals surface area (Å²) in [5.41, 5.74) is 2.14. The highest BCUT2D eigenvalue weighted by atomic mass is 32.1. The lowest BCUT2D eigenvalue weighted by molar-refractivity contribution is 0.168. The molecule has 6 heteroatoms. The van der Waals surface area contributed by atoms with Crippen LogP contribution < -0.4 is 4.90 Å². The SMILES string of the molecule is Cc1nn(C)c2nc(N3CCC(C(C)N4CCCC4)CC3)sc12. The van der Waals surface area contributed by atoms with E-state index >= 15 is 0 Å². The second kappa shape index (κ2) is 6.06. The van der Waals surface area contributed by atoms with Crippen LogP contribution in [0.1, 0.15) is 38.3 Å². The lowest BCUT2D eigenvalue weighted by Gasteiger charge is -2.38. The number of fused-ring (bicyclic) bond motifs is 1. The number of piperidine rings is 1. The normalized spacial score (nSPS) is 22.3. The third-order valence-corrected chi connectivity index (χ3v) is 6.96. The lowest BCUT2D eigenvalue weighted by atomic mass is 9.89. The maximum absolute atomic E-state index is 4.84. The first-order valence-electron chi connectivity index (χ1n) is 8.92. The molecule has 0 N–H and O–H groups in total. The van der Waals surface area contributed by atoms with Gasteiger partial charge in [-0.3, -0.25) is 0 Å². The fraction of sp³-hybridized carbons (Fsp3) is 0.765. The van der Waals surface area contributed by atoms with E-state index in [9.17, 15) is 0 Å². The summed E-state index contributed by atoms with van der Waals surface area (Å²) in [7, 11) is 1.99. The van der Waals surface area contributed by atoms with Crippen molar-refractivity contribution in [3.05, 3.63) is 5.69 Å². The predicted octanol–water partition coefficient (Wildman–Crippen LogP) is 3.04. The Hall–Kier alpha value is -1.14. The molecule has 2 aromatic rings. The van der Waals surface area contributed by atoms with E-state index in [4.69, 9.17) is 4.98 Å². The molecule has 1 unspecified atom stereocenters. The van der Waals surface area contributed by atoms with Crippen molar-refractivity contribution >= 4 is 26.8 Å². The van der Waals surface area contributed by atoms with Gasteiger partial charge in [0, 0.05) is 26.2 Å². The van der Waals surface area contributed by atoms with Crippen molar-refractivity contribution in [1.82, 2.24) is 19.7 Å². The molecule has 1 atom stereocenters. The monoisotopic (exact) mass is 333 g/mol. The maximum atomic E-state index is 4.84. The molecule has 2 aromatic heterocycles. The van der Waals surface area contributed by atoms with E-state index in [1.54, 1.807) is 0 Å². The summed E-state index contributed by atoms with van der Waals surface area (Å²) in [6.45, 7) is 9.44. The third kappa shape index (κ3) is 2.76. The zero-order chi connectivity index (χ0) is 16.0. The van der Waals surface area contributed by atoms with Crippen LogP contribution >= 0.6 is 11.3 Å². The van der Waals surface area contributed by atoms with Crippen LogP contribution in [0.15, 0.2) is 0 Å². The van der Waals surface area contributed by atoms with Crippen LogP contribution in [-0.4, -0.2) is 51.9 Å². The van der Waals surface area contributed by atoms with Gasteiger partial charge in [-0.1, -0.05) is 11.3 Å². The maximum Gasteiger partial charge on any atom is 0.188 e. The topological polar surface area (TPSA) is 37.2 Å². The first-order valence-corrected chi connectivity index (χ1v) is 9.74. The summed E-state index contributed by atoms with van der Waals surface area (Å²) in [5.74, 6) is 0.849. The van der Waals surface area contributed by atoms with E-state index in [2.05, 4.69) is 28.7 Å². The number of hydrogen-bond donors (Lipinski definition) is 0. The van der Waals surface area contributed by atoms with E-state index in [0.717, 1.165) is 36.4 Å². The van der Waals surface area contributed by atoms with Crippen molar-refractivity contribution in [2.24, 2.45) is 13.0 Å². The molecule has 0 radical (unpaired) electrons. The Morgan fingerprint density at radius 2 is 1.83 bits per heavy atom. The van der Waals surface area contributed by atoms with Crippen molar-refractivity contribution < 1.29 is 0 Å². The van der Waals surface area contributed by atoms with Gasteiger partial charge in [-0.25, -0.2) is 9.67 Å². The van der Waals surface area contributed by atoms with E-state index in [-0.39, 0.29) is 0 Å². The highest BCUT2D eigenvalue weighted by Crippen LogP contribution is 2.34. The van der Waals surface area contributed by atoms with Gasteiger partial charge in [-0.2, -0.15) is 5.10 Å². The van der Waals surface area contributed by atoms with Crippen molar-refractivity contribution in [2.75, 3.05) is 31.1 Å². The molecule has 2 aliphatic heterocycles. The van der Waals surface area contributed by atoms with Crippen LogP contribution in [0.5, 0.6) is 0 Å². The van der Waals surface area contributed by atoms with Crippen LogP contribution in [-0.2, 0) is 7.05 Å². The smallest absolute Gasteiger partial charge is 0.188 e.